The number of halogens is 1. The van der Waals surface area contributed by atoms with E-state index in [4.69, 9.17) is 26.1 Å². The lowest BCUT2D eigenvalue weighted by Gasteiger charge is -2.28. The lowest BCUT2D eigenvalue weighted by atomic mass is 10.2. The minimum Gasteiger partial charge on any atom is -0.497 e. The Morgan fingerprint density at radius 2 is 2.10 bits per heavy atom. The van der Waals surface area contributed by atoms with Crippen LogP contribution in [0.2, 0.25) is 5.02 Å². The maximum Gasteiger partial charge on any atom is 0.252 e. The van der Waals surface area contributed by atoms with Crippen LogP contribution in [0.1, 0.15) is 5.56 Å². The van der Waals surface area contributed by atoms with Crippen molar-refractivity contribution in [2.24, 2.45) is 0 Å². The van der Waals surface area contributed by atoms with Crippen molar-refractivity contribution in [2.45, 2.75) is 0 Å². The number of morpholine rings is 1. The number of hydrogen-bond acceptors (Lipinski definition) is 6. The zero-order chi connectivity index (χ0) is 21.6. The summed E-state index contributed by atoms with van der Waals surface area (Å²) in [5.74, 6) is 0.619. The van der Waals surface area contributed by atoms with Gasteiger partial charge in [0, 0.05) is 43.3 Å². The average molecular weight is 458 g/mol. The number of benzene rings is 2. The molecular weight excluding hydrogens is 434 g/mol. The number of nitrogens with zero attached hydrogens (tertiary/aromatic N) is 3. The van der Waals surface area contributed by atoms with Gasteiger partial charge in [-0.3, -0.25) is 14.6 Å². The van der Waals surface area contributed by atoms with Crippen molar-refractivity contribution < 1.29 is 14.3 Å². The molecule has 6 nitrogen and oxygen atoms in total. The van der Waals surface area contributed by atoms with Crippen molar-refractivity contribution in [3.05, 3.63) is 59.1 Å². The van der Waals surface area contributed by atoms with E-state index in [9.17, 15) is 4.79 Å². The van der Waals surface area contributed by atoms with E-state index in [2.05, 4.69) is 4.90 Å². The van der Waals surface area contributed by atoms with Gasteiger partial charge in [-0.05, 0) is 29.8 Å². The molecule has 31 heavy (non-hydrogen) atoms. The van der Waals surface area contributed by atoms with Crippen molar-refractivity contribution in [3.63, 3.8) is 0 Å². The molecule has 1 aliphatic rings. The van der Waals surface area contributed by atoms with Gasteiger partial charge >= 0.3 is 0 Å². The van der Waals surface area contributed by atoms with E-state index in [1.165, 1.54) is 11.3 Å². The number of carbonyl (C=O) groups excluding carboxylic acids is 1. The van der Waals surface area contributed by atoms with Crippen LogP contribution in [0.3, 0.4) is 0 Å². The number of ether oxygens (including phenoxy) is 2. The van der Waals surface area contributed by atoms with Crippen molar-refractivity contribution in [1.29, 1.82) is 0 Å². The van der Waals surface area contributed by atoms with E-state index in [1.807, 2.05) is 42.5 Å². The Bertz CT molecular complexity index is 1080. The van der Waals surface area contributed by atoms with Crippen LogP contribution in [0.25, 0.3) is 16.3 Å². The van der Waals surface area contributed by atoms with Gasteiger partial charge in [0.2, 0.25) is 0 Å². The molecule has 0 spiro atoms. The van der Waals surface area contributed by atoms with E-state index in [0.717, 1.165) is 54.4 Å². The van der Waals surface area contributed by atoms with Gasteiger partial charge in [0.15, 0.2) is 5.13 Å². The fourth-order valence-electron chi connectivity index (χ4n) is 3.37. The van der Waals surface area contributed by atoms with Gasteiger partial charge in [-0.15, -0.1) is 0 Å². The molecule has 0 bridgehead atoms. The monoisotopic (exact) mass is 457 g/mol. The molecule has 0 saturated carbocycles. The smallest absolute Gasteiger partial charge is 0.252 e. The number of methoxy groups -OCH3 is 1. The zero-order valence-electron chi connectivity index (χ0n) is 17.3. The first-order valence-corrected chi connectivity index (χ1v) is 11.3. The molecule has 0 unspecified atom stereocenters. The minimum atomic E-state index is -0.126. The van der Waals surface area contributed by atoms with Crippen LogP contribution in [-0.2, 0) is 9.53 Å². The third kappa shape index (κ3) is 5.43. The first-order chi connectivity index (χ1) is 15.1. The van der Waals surface area contributed by atoms with E-state index in [1.54, 1.807) is 24.2 Å². The molecule has 0 atom stereocenters. The van der Waals surface area contributed by atoms with Crippen LogP contribution in [0.4, 0.5) is 5.13 Å². The minimum absolute atomic E-state index is 0.126. The summed E-state index contributed by atoms with van der Waals surface area (Å²) >= 11 is 7.73. The van der Waals surface area contributed by atoms with Crippen LogP contribution in [-0.4, -0.2) is 62.3 Å². The van der Waals surface area contributed by atoms with Crippen LogP contribution in [0.15, 0.2) is 48.5 Å². The molecule has 162 valence electrons. The van der Waals surface area contributed by atoms with Crippen molar-refractivity contribution in [1.82, 2.24) is 9.88 Å². The van der Waals surface area contributed by atoms with Gasteiger partial charge in [-0.25, -0.2) is 4.98 Å². The van der Waals surface area contributed by atoms with Gasteiger partial charge in [-0.2, -0.15) is 0 Å². The molecule has 2 heterocycles. The second kappa shape index (κ2) is 10.2. The highest BCUT2D eigenvalue weighted by atomic mass is 35.5. The summed E-state index contributed by atoms with van der Waals surface area (Å²) in [5, 5.41) is 1.28. The number of fused-ring (bicyclic) bond motifs is 1. The topological polar surface area (TPSA) is 54.9 Å². The van der Waals surface area contributed by atoms with Crippen LogP contribution < -0.4 is 9.64 Å². The summed E-state index contributed by atoms with van der Waals surface area (Å²) in [6, 6.07) is 13.2. The number of amides is 1. The molecular formula is C23H24ClN3O3S. The van der Waals surface area contributed by atoms with Gasteiger partial charge in [0.25, 0.3) is 5.91 Å². The lowest BCUT2D eigenvalue weighted by Crippen LogP contribution is -2.42. The second-order valence-electron chi connectivity index (χ2n) is 7.13. The standard InChI is InChI=1S/C23H24ClN3O3S/c1-29-18-7-8-21-20(16-18)25-23(31-21)27(11-10-26-12-14-30-15-13-26)22(28)9-6-17-4-2-3-5-19(17)24/h2-9,16H,10-15H2,1H3/b9-6+. The largest absolute Gasteiger partial charge is 0.497 e. The van der Waals surface area contributed by atoms with Crippen molar-refractivity contribution >= 4 is 50.3 Å². The Morgan fingerprint density at radius 1 is 1.29 bits per heavy atom. The summed E-state index contributed by atoms with van der Waals surface area (Å²) in [7, 11) is 1.63. The van der Waals surface area contributed by atoms with Gasteiger partial charge in [0.05, 0.1) is 30.5 Å². The average Bonchev–Trinajstić information content (AvgIpc) is 3.22. The van der Waals surface area contributed by atoms with E-state index >= 15 is 0 Å². The highest BCUT2D eigenvalue weighted by molar-refractivity contribution is 7.22. The molecule has 2 aromatic carbocycles. The summed E-state index contributed by atoms with van der Waals surface area (Å²) in [5.41, 5.74) is 1.62. The van der Waals surface area contributed by atoms with E-state index in [0.29, 0.717) is 16.7 Å². The Morgan fingerprint density at radius 3 is 2.87 bits per heavy atom. The predicted octanol–water partition coefficient (Wildman–Crippen LogP) is 4.34. The van der Waals surface area contributed by atoms with Crippen LogP contribution in [0, 0.1) is 0 Å². The molecule has 1 saturated heterocycles. The molecule has 1 fully saturated rings. The van der Waals surface area contributed by atoms with Crippen LogP contribution >= 0.6 is 22.9 Å². The fourth-order valence-corrected chi connectivity index (χ4v) is 4.54. The molecule has 1 aromatic heterocycles. The van der Waals surface area contributed by atoms with E-state index in [-0.39, 0.29) is 5.91 Å². The molecule has 0 radical (unpaired) electrons. The van der Waals surface area contributed by atoms with E-state index < -0.39 is 0 Å². The maximum atomic E-state index is 13.2. The molecule has 8 heteroatoms. The number of anilines is 1. The van der Waals surface area contributed by atoms with Gasteiger partial charge < -0.3 is 9.47 Å². The maximum absolute atomic E-state index is 13.2. The summed E-state index contributed by atoms with van der Waals surface area (Å²) in [4.78, 5) is 22.0. The highest BCUT2D eigenvalue weighted by Crippen LogP contribution is 2.31. The van der Waals surface area contributed by atoms with Crippen LogP contribution in [0.5, 0.6) is 5.75 Å². The molecule has 1 aliphatic heterocycles. The number of hydrogen-bond donors (Lipinski definition) is 0. The number of aromatic nitrogens is 1. The summed E-state index contributed by atoms with van der Waals surface area (Å²) in [6.07, 6.45) is 3.32. The predicted molar refractivity (Wildman–Crippen MR) is 126 cm³/mol. The SMILES string of the molecule is COc1ccc2sc(N(CCN3CCOCC3)C(=O)/C=C/c3ccccc3Cl)nc2c1. The van der Waals surface area contributed by atoms with Crippen molar-refractivity contribution in [2.75, 3.05) is 51.4 Å². The molecule has 4 rings (SSSR count). The third-order valence-corrected chi connectivity index (χ3v) is 6.54. The second-order valence-corrected chi connectivity index (χ2v) is 8.55. The normalized spacial score (nSPS) is 14.9. The Hall–Kier alpha value is -2.45. The Labute approximate surface area is 190 Å². The molecule has 1 amide bonds. The summed E-state index contributed by atoms with van der Waals surface area (Å²) < 4.78 is 11.7. The molecule has 0 N–H and O–H groups in total. The number of rotatable bonds is 7. The number of thiazole rings is 1. The lowest BCUT2D eigenvalue weighted by molar-refractivity contribution is -0.114. The van der Waals surface area contributed by atoms with Crippen molar-refractivity contribution in [3.8, 4) is 5.75 Å². The number of carbonyl (C=O) groups is 1. The fraction of sp³-hybridized carbons (Fsp3) is 0.304. The summed E-state index contributed by atoms with van der Waals surface area (Å²) in [6.45, 7) is 4.49. The third-order valence-electron chi connectivity index (χ3n) is 5.13. The Balaban J connectivity index is 1.58. The van der Waals surface area contributed by atoms with Gasteiger partial charge in [-0.1, -0.05) is 41.1 Å². The molecule has 0 aliphatic carbocycles. The zero-order valence-corrected chi connectivity index (χ0v) is 18.9. The van der Waals surface area contributed by atoms with Gasteiger partial charge in [0.1, 0.15) is 5.75 Å². The quantitative estimate of drug-likeness (QED) is 0.494. The Kier molecular flexibility index (Phi) is 7.19. The molecule has 3 aromatic rings. The first-order valence-electron chi connectivity index (χ1n) is 10.1. The highest BCUT2D eigenvalue weighted by Gasteiger charge is 2.20. The first kappa shape index (κ1) is 21.8.